The molecule has 0 heterocycles. The molecule has 19 heavy (non-hydrogen) atoms. The Kier molecular flexibility index (Phi) is 5.22. The fourth-order valence-corrected chi connectivity index (χ4v) is 1.89. The Labute approximate surface area is 117 Å². The number of methoxy groups -OCH3 is 1. The van der Waals surface area contributed by atoms with Crippen LogP contribution in [-0.2, 0) is 15.7 Å². The summed E-state index contributed by atoms with van der Waals surface area (Å²) in [5.41, 5.74) is -0.842. The third kappa shape index (κ3) is 4.74. The molecule has 0 saturated heterocycles. The number of anilines is 1. The van der Waals surface area contributed by atoms with Crippen molar-refractivity contribution in [3.63, 3.8) is 0 Å². The first-order valence-corrected chi connectivity index (χ1v) is 6.23. The summed E-state index contributed by atoms with van der Waals surface area (Å²) in [4.78, 5) is 11.1. The van der Waals surface area contributed by atoms with Crippen molar-refractivity contribution in [2.75, 3.05) is 12.4 Å². The second kappa shape index (κ2) is 6.27. The van der Waals surface area contributed by atoms with E-state index in [1.165, 1.54) is 19.2 Å². The number of ether oxygens (including phenoxy) is 1. The Balaban J connectivity index is 2.92. The maximum atomic E-state index is 12.9. The van der Waals surface area contributed by atoms with Gasteiger partial charge in [-0.3, -0.25) is 4.79 Å². The minimum Gasteiger partial charge on any atom is -0.469 e. The minimum atomic E-state index is -4.46. The lowest BCUT2D eigenvalue weighted by atomic mass is 10.1. The van der Waals surface area contributed by atoms with E-state index in [4.69, 9.17) is 0 Å². The van der Waals surface area contributed by atoms with Gasteiger partial charge in [0.25, 0.3) is 0 Å². The maximum Gasteiger partial charge on any atom is 0.418 e. The largest absolute Gasteiger partial charge is 0.469 e. The summed E-state index contributed by atoms with van der Waals surface area (Å²) in [6.45, 7) is 1.61. The van der Waals surface area contributed by atoms with Gasteiger partial charge in [0.05, 0.1) is 19.1 Å². The van der Waals surface area contributed by atoms with Gasteiger partial charge in [-0.1, -0.05) is 15.9 Å². The topological polar surface area (TPSA) is 38.3 Å². The molecule has 1 aromatic rings. The van der Waals surface area contributed by atoms with E-state index in [9.17, 15) is 18.0 Å². The van der Waals surface area contributed by atoms with E-state index in [-0.39, 0.29) is 12.1 Å². The van der Waals surface area contributed by atoms with Crippen LogP contribution in [0.25, 0.3) is 0 Å². The van der Waals surface area contributed by atoms with Crippen molar-refractivity contribution in [2.24, 2.45) is 0 Å². The highest BCUT2D eigenvalue weighted by atomic mass is 79.9. The second-order valence-corrected chi connectivity index (χ2v) is 4.93. The highest BCUT2D eigenvalue weighted by Crippen LogP contribution is 2.36. The number of rotatable bonds is 4. The zero-order chi connectivity index (χ0) is 14.6. The summed E-state index contributed by atoms with van der Waals surface area (Å²) in [6, 6.07) is 3.35. The molecule has 3 nitrogen and oxygen atoms in total. The number of alkyl halides is 3. The molecule has 1 atom stereocenters. The van der Waals surface area contributed by atoms with E-state index in [2.05, 4.69) is 26.0 Å². The molecule has 0 radical (unpaired) electrons. The van der Waals surface area contributed by atoms with Gasteiger partial charge in [-0.05, 0) is 25.1 Å². The van der Waals surface area contributed by atoms with E-state index in [1.807, 2.05) is 0 Å². The molecule has 1 N–H and O–H groups in total. The van der Waals surface area contributed by atoms with E-state index in [0.717, 1.165) is 6.07 Å². The van der Waals surface area contributed by atoms with Gasteiger partial charge in [0.2, 0.25) is 0 Å². The SMILES string of the molecule is COC(=O)CC(C)Nc1ccc(Br)cc1C(F)(F)F. The molecule has 106 valence electrons. The zero-order valence-electron chi connectivity index (χ0n) is 10.3. The van der Waals surface area contributed by atoms with Crippen LogP contribution in [0.1, 0.15) is 18.9 Å². The highest BCUT2D eigenvalue weighted by molar-refractivity contribution is 9.10. The molecule has 0 aliphatic rings. The summed E-state index contributed by atoms with van der Waals surface area (Å²) in [5.74, 6) is -0.481. The monoisotopic (exact) mass is 339 g/mol. The molecular formula is C12H13BrF3NO2. The lowest BCUT2D eigenvalue weighted by Crippen LogP contribution is -2.22. The summed E-state index contributed by atoms with van der Waals surface area (Å²) in [6.07, 6.45) is -4.47. The van der Waals surface area contributed by atoms with E-state index >= 15 is 0 Å². The van der Waals surface area contributed by atoms with Crippen molar-refractivity contribution >= 4 is 27.6 Å². The predicted octanol–water partition coefficient (Wildman–Crippen LogP) is 3.83. The lowest BCUT2D eigenvalue weighted by Gasteiger charge is -2.19. The predicted molar refractivity (Wildman–Crippen MR) is 68.9 cm³/mol. The molecule has 0 fully saturated rings. The van der Waals surface area contributed by atoms with Crippen LogP contribution < -0.4 is 5.32 Å². The van der Waals surface area contributed by atoms with Crippen molar-refractivity contribution in [1.82, 2.24) is 0 Å². The molecule has 0 bridgehead atoms. The minimum absolute atomic E-state index is 0.0101. The molecule has 0 spiro atoms. The molecule has 1 aromatic carbocycles. The number of carbonyl (C=O) groups excluding carboxylic acids is 1. The standard InChI is InChI=1S/C12H13BrF3NO2/c1-7(5-11(18)19-2)17-10-4-3-8(13)6-9(10)12(14,15)16/h3-4,6-7,17H,5H2,1-2H3. The molecule has 7 heteroatoms. The molecule has 0 aromatic heterocycles. The van der Waals surface area contributed by atoms with Gasteiger partial charge in [0.15, 0.2) is 0 Å². The van der Waals surface area contributed by atoms with Crippen LogP contribution in [0.3, 0.4) is 0 Å². The average Bonchev–Trinajstić information content (AvgIpc) is 2.29. The summed E-state index contributed by atoms with van der Waals surface area (Å²) in [5, 5.41) is 2.67. The molecule has 0 aliphatic heterocycles. The number of hydrogen-bond acceptors (Lipinski definition) is 3. The highest BCUT2D eigenvalue weighted by Gasteiger charge is 2.34. The molecule has 0 amide bonds. The number of benzene rings is 1. The number of nitrogens with one attached hydrogen (secondary N) is 1. The average molecular weight is 340 g/mol. The zero-order valence-corrected chi connectivity index (χ0v) is 11.9. The maximum absolute atomic E-state index is 12.9. The van der Waals surface area contributed by atoms with E-state index < -0.39 is 23.8 Å². The summed E-state index contributed by atoms with van der Waals surface area (Å²) < 4.78 is 43.4. The third-order valence-corrected chi connectivity index (χ3v) is 2.88. The van der Waals surface area contributed by atoms with Gasteiger partial charge in [0, 0.05) is 16.2 Å². The summed E-state index contributed by atoms with van der Waals surface area (Å²) >= 11 is 3.00. The van der Waals surface area contributed by atoms with Crippen LogP contribution in [0, 0.1) is 0 Å². The van der Waals surface area contributed by atoms with Crippen LogP contribution in [0.2, 0.25) is 0 Å². The van der Waals surface area contributed by atoms with E-state index in [1.54, 1.807) is 6.92 Å². The Hall–Kier alpha value is -1.24. The first-order chi connectivity index (χ1) is 8.74. The fraction of sp³-hybridized carbons (Fsp3) is 0.417. The van der Waals surface area contributed by atoms with Crippen molar-refractivity contribution in [1.29, 1.82) is 0 Å². The van der Waals surface area contributed by atoms with Crippen molar-refractivity contribution in [3.05, 3.63) is 28.2 Å². The number of carbonyl (C=O) groups is 1. The third-order valence-electron chi connectivity index (χ3n) is 2.39. The molecular weight excluding hydrogens is 327 g/mol. The van der Waals surface area contributed by atoms with Crippen molar-refractivity contribution < 1.29 is 22.7 Å². The Bertz CT molecular complexity index is 463. The van der Waals surface area contributed by atoms with Crippen LogP contribution >= 0.6 is 15.9 Å². The van der Waals surface area contributed by atoms with Crippen LogP contribution in [-0.4, -0.2) is 19.1 Å². The molecule has 0 aliphatic carbocycles. The van der Waals surface area contributed by atoms with E-state index in [0.29, 0.717) is 4.47 Å². The first-order valence-electron chi connectivity index (χ1n) is 5.44. The second-order valence-electron chi connectivity index (χ2n) is 4.01. The van der Waals surface area contributed by atoms with Gasteiger partial charge in [-0.25, -0.2) is 0 Å². The number of halogens is 4. The fourth-order valence-electron chi connectivity index (χ4n) is 1.53. The Morgan fingerprint density at radius 3 is 2.63 bits per heavy atom. The number of hydrogen-bond donors (Lipinski definition) is 1. The Morgan fingerprint density at radius 1 is 1.47 bits per heavy atom. The van der Waals surface area contributed by atoms with Crippen molar-refractivity contribution in [2.45, 2.75) is 25.6 Å². The van der Waals surface area contributed by atoms with Gasteiger partial charge >= 0.3 is 12.1 Å². The molecule has 1 rings (SSSR count). The van der Waals surface area contributed by atoms with Gasteiger partial charge in [0.1, 0.15) is 0 Å². The van der Waals surface area contributed by atoms with Gasteiger partial charge in [-0.15, -0.1) is 0 Å². The lowest BCUT2D eigenvalue weighted by molar-refractivity contribution is -0.140. The Morgan fingerprint density at radius 2 is 2.11 bits per heavy atom. The normalized spacial score (nSPS) is 12.9. The van der Waals surface area contributed by atoms with Crippen LogP contribution in [0.5, 0.6) is 0 Å². The van der Waals surface area contributed by atoms with Crippen molar-refractivity contribution in [3.8, 4) is 0 Å². The van der Waals surface area contributed by atoms with Crippen LogP contribution in [0.4, 0.5) is 18.9 Å². The van der Waals surface area contributed by atoms with Gasteiger partial charge < -0.3 is 10.1 Å². The smallest absolute Gasteiger partial charge is 0.418 e. The van der Waals surface area contributed by atoms with Crippen LogP contribution in [0.15, 0.2) is 22.7 Å². The quantitative estimate of drug-likeness (QED) is 0.847. The molecule has 0 saturated carbocycles. The molecule has 1 unspecified atom stereocenters. The van der Waals surface area contributed by atoms with Gasteiger partial charge in [-0.2, -0.15) is 13.2 Å². The number of esters is 1. The first kappa shape index (κ1) is 15.8. The summed E-state index contributed by atoms with van der Waals surface area (Å²) in [7, 11) is 1.23.